The van der Waals surface area contributed by atoms with Gasteiger partial charge < -0.3 is 5.32 Å². The number of benzene rings is 1. The van der Waals surface area contributed by atoms with Gasteiger partial charge in [-0.3, -0.25) is 4.79 Å². The van der Waals surface area contributed by atoms with E-state index in [2.05, 4.69) is 10.3 Å². The number of H-pyrrole nitrogens is 1. The fourth-order valence-corrected chi connectivity index (χ4v) is 2.11. The van der Waals surface area contributed by atoms with Crippen molar-refractivity contribution >= 4 is 5.91 Å². The van der Waals surface area contributed by atoms with Gasteiger partial charge >= 0.3 is 0 Å². The van der Waals surface area contributed by atoms with Crippen LogP contribution in [0.3, 0.4) is 0 Å². The summed E-state index contributed by atoms with van der Waals surface area (Å²) < 4.78 is 0. The molecule has 1 aromatic carbocycles. The Morgan fingerprint density at radius 2 is 1.84 bits per heavy atom. The summed E-state index contributed by atoms with van der Waals surface area (Å²) in [5.41, 5.74) is 2.17. The van der Waals surface area contributed by atoms with E-state index in [1.807, 2.05) is 61.8 Å². The zero-order valence-electron chi connectivity index (χ0n) is 11.1. The molecule has 0 aliphatic rings. The Morgan fingerprint density at radius 1 is 1.16 bits per heavy atom. The molecule has 0 bridgehead atoms. The fourth-order valence-electron chi connectivity index (χ4n) is 2.11. The number of aromatic nitrogens is 1. The van der Waals surface area contributed by atoms with Crippen LogP contribution in [0.4, 0.5) is 0 Å². The molecular weight excluding hydrogens is 236 g/mol. The highest BCUT2D eigenvalue weighted by atomic mass is 16.1. The zero-order chi connectivity index (χ0) is 13.5. The first-order valence-corrected chi connectivity index (χ1v) is 6.59. The molecule has 0 saturated heterocycles. The summed E-state index contributed by atoms with van der Waals surface area (Å²) in [6.07, 6.45) is 4.52. The molecule has 2 rings (SSSR count). The summed E-state index contributed by atoms with van der Waals surface area (Å²) in [5.74, 6) is 0.0120. The van der Waals surface area contributed by atoms with Crippen LogP contribution in [0.25, 0.3) is 0 Å². The Bertz CT molecular complexity index is 511. The van der Waals surface area contributed by atoms with E-state index in [1.165, 1.54) is 0 Å². The molecule has 1 atom stereocenters. The van der Waals surface area contributed by atoms with Crippen molar-refractivity contribution in [2.45, 2.75) is 25.8 Å². The van der Waals surface area contributed by atoms with Crippen molar-refractivity contribution in [1.29, 1.82) is 0 Å². The minimum absolute atomic E-state index is 0.0727. The summed E-state index contributed by atoms with van der Waals surface area (Å²) in [7, 11) is 0. The maximum atomic E-state index is 12.2. The van der Waals surface area contributed by atoms with Crippen molar-refractivity contribution in [1.82, 2.24) is 5.32 Å². The van der Waals surface area contributed by atoms with E-state index in [9.17, 15) is 4.79 Å². The van der Waals surface area contributed by atoms with Crippen molar-refractivity contribution in [3.05, 3.63) is 66.0 Å². The number of hydrogen-bond acceptors (Lipinski definition) is 1. The number of pyridine rings is 1. The second kappa shape index (κ2) is 6.69. The Morgan fingerprint density at radius 3 is 2.47 bits per heavy atom. The number of carbonyl (C=O) groups excluding carboxylic acids is 1. The Kier molecular flexibility index (Phi) is 4.67. The van der Waals surface area contributed by atoms with Crippen LogP contribution in [0, 0.1) is 0 Å². The van der Waals surface area contributed by atoms with Gasteiger partial charge in [-0.15, -0.1) is 0 Å². The molecule has 98 valence electrons. The van der Waals surface area contributed by atoms with E-state index in [0.29, 0.717) is 6.54 Å². The third-order valence-corrected chi connectivity index (χ3v) is 3.18. The van der Waals surface area contributed by atoms with Gasteiger partial charge in [0.05, 0.1) is 5.92 Å². The first kappa shape index (κ1) is 13.3. The molecule has 1 amide bonds. The number of aromatic amines is 1. The molecule has 0 aliphatic heterocycles. The van der Waals surface area contributed by atoms with Crippen molar-refractivity contribution in [3.8, 4) is 0 Å². The highest BCUT2D eigenvalue weighted by Gasteiger charge is 2.17. The van der Waals surface area contributed by atoms with Crippen molar-refractivity contribution < 1.29 is 9.78 Å². The lowest BCUT2D eigenvalue weighted by Crippen LogP contribution is -2.28. The molecule has 1 unspecified atom stereocenters. The lowest BCUT2D eigenvalue weighted by molar-refractivity contribution is -0.378. The monoisotopic (exact) mass is 255 g/mol. The number of rotatable bonds is 5. The molecule has 3 heteroatoms. The topological polar surface area (TPSA) is 43.2 Å². The predicted molar refractivity (Wildman–Crippen MR) is 74.3 cm³/mol. The van der Waals surface area contributed by atoms with E-state index in [1.54, 1.807) is 0 Å². The Labute approximate surface area is 113 Å². The average Bonchev–Trinajstić information content (AvgIpc) is 2.48. The standard InChI is InChI=1S/C16H18N2O/c1-2-15(14-6-4-3-5-7-14)16(19)18-12-13-8-10-17-11-9-13/h3-11,15H,2,12H2,1H3,(H,18,19)/p+1. The van der Waals surface area contributed by atoms with Crippen LogP contribution in [0.5, 0.6) is 0 Å². The van der Waals surface area contributed by atoms with Gasteiger partial charge in [-0.05, 0) is 17.5 Å². The molecule has 2 aromatic rings. The SMILES string of the molecule is CCC(C(=O)NCc1cc[nH+]cc1)c1ccccc1. The van der Waals surface area contributed by atoms with Gasteiger partial charge in [0, 0.05) is 18.7 Å². The molecule has 1 heterocycles. The minimum Gasteiger partial charge on any atom is -0.351 e. The summed E-state index contributed by atoms with van der Waals surface area (Å²) in [6, 6.07) is 13.8. The zero-order valence-corrected chi connectivity index (χ0v) is 11.1. The molecule has 0 spiro atoms. The Hall–Kier alpha value is -2.16. The molecule has 0 radical (unpaired) electrons. The smallest absolute Gasteiger partial charge is 0.227 e. The van der Waals surface area contributed by atoms with E-state index in [4.69, 9.17) is 0 Å². The molecule has 0 aliphatic carbocycles. The number of carbonyl (C=O) groups is 1. The summed E-state index contributed by atoms with van der Waals surface area (Å²) in [5, 5.41) is 3.00. The molecule has 2 N–H and O–H groups in total. The van der Waals surface area contributed by atoms with Gasteiger partial charge in [-0.2, -0.15) is 0 Å². The van der Waals surface area contributed by atoms with Gasteiger partial charge in [-0.1, -0.05) is 37.3 Å². The quantitative estimate of drug-likeness (QED) is 0.875. The highest BCUT2D eigenvalue weighted by Crippen LogP contribution is 2.19. The van der Waals surface area contributed by atoms with Gasteiger partial charge in [-0.25, -0.2) is 4.98 Å². The summed E-state index contributed by atoms with van der Waals surface area (Å²) in [4.78, 5) is 15.2. The van der Waals surface area contributed by atoms with Gasteiger partial charge in [0.25, 0.3) is 0 Å². The molecule has 3 nitrogen and oxygen atoms in total. The lowest BCUT2D eigenvalue weighted by Gasteiger charge is -2.15. The van der Waals surface area contributed by atoms with Crippen LogP contribution in [-0.2, 0) is 11.3 Å². The second-order valence-electron chi connectivity index (χ2n) is 4.50. The average molecular weight is 255 g/mol. The second-order valence-corrected chi connectivity index (χ2v) is 4.50. The molecular formula is C16H19N2O+. The number of nitrogens with one attached hydrogen (secondary N) is 2. The third-order valence-electron chi connectivity index (χ3n) is 3.18. The van der Waals surface area contributed by atoms with Crippen molar-refractivity contribution in [3.63, 3.8) is 0 Å². The minimum atomic E-state index is -0.0727. The fraction of sp³-hybridized carbons (Fsp3) is 0.250. The molecule has 0 fully saturated rings. The van der Waals surface area contributed by atoms with E-state index < -0.39 is 0 Å². The first-order valence-electron chi connectivity index (χ1n) is 6.59. The van der Waals surface area contributed by atoms with Crippen LogP contribution < -0.4 is 10.3 Å². The number of amides is 1. The van der Waals surface area contributed by atoms with Crippen LogP contribution in [0.15, 0.2) is 54.9 Å². The summed E-state index contributed by atoms with van der Waals surface area (Å²) >= 11 is 0. The third kappa shape index (κ3) is 3.65. The molecule has 1 aromatic heterocycles. The highest BCUT2D eigenvalue weighted by molar-refractivity contribution is 5.83. The first-order chi connectivity index (χ1) is 9.31. The van der Waals surface area contributed by atoms with Gasteiger partial charge in [0.1, 0.15) is 0 Å². The Balaban J connectivity index is 1.98. The molecule has 19 heavy (non-hydrogen) atoms. The van der Waals surface area contributed by atoms with Crippen LogP contribution in [-0.4, -0.2) is 5.91 Å². The van der Waals surface area contributed by atoms with E-state index in [0.717, 1.165) is 17.5 Å². The molecule has 0 saturated carbocycles. The normalized spacial score (nSPS) is 11.8. The largest absolute Gasteiger partial charge is 0.351 e. The maximum Gasteiger partial charge on any atom is 0.227 e. The van der Waals surface area contributed by atoms with Gasteiger partial charge in [0.2, 0.25) is 5.91 Å². The van der Waals surface area contributed by atoms with Gasteiger partial charge in [0.15, 0.2) is 12.4 Å². The maximum absolute atomic E-state index is 12.2. The summed E-state index contributed by atoms with van der Waals surface area (Å²) in [6.45, 7) is 2.60. The van der Waals surface area contributed by atoms with Crippen LogP contribution >= 0.6 is 0 Å². The van der Waals surface area contributed by atoms with E-state index in [-0.39, 0.29) is 11.8 Å². The van der Waals surface area contributed by atoms with E-state index >= 15 is 0 Å². The predicted octanol–water partition coefficient (Wildman–Crippen LogP) is 2.31. The van der Waals surface area contributed by atoms with Crippen LogP contribution in [0.2, 0.25) is 0 Å². The van der Waals surface area contributed by atoms with Crippen LogP contribution in [0.1, 0.15) is 30.4 Å². The van der Waals surface area contributed by atoms with Crippen molar-refractivity contribution in [2.24, 2.45) is 0 Å². The number of hydrogen-bond donors (Lipinski definition) is 1. The van der Waals surface area contributed by atoms with Crippen molar-refractivity contribution in [2.75, 3.05) is 0 Å². The lowest BCUT2D eigenvalue weighted by atomic mass is 9.95.